The van der Waals surface area contributed by atoms with Gasteiger partial charge in [0.05, 0.1) is 5.69 Å². The van der Waals surface area contributed by atoms with E-state index in [2.05, 4.69) is 10.3 Å². The lowest BCUT2D eigenvalue weighted by molar-refractivity contribution is -0.117. The van der Waals surface area contributed by atoms with Crippen molar-refractivity contribution in [2.24, 2.45) is 5.41 Å². The van der Waals surface area contributed by atoms with Crippen molar-refractivity contribution in [1.29, 1.82) is 0 Å². The molecule has 1 amide bonds. The van der Waals surface area contributed by atoms with E-state index in [-0.39, 0.29) is 11.3 Å². The zero-order valence-corrected chi connectivity index (χ0v) is 11.8. The number of carbonyl (C=O) groups excluding carboxylic acids is 1. The molecule has 0 radical (unpaired) electrons. The van der Waals surface area contributed by atoms with Crippen molar-refractivity contribution in [3.8, 4) is 0 Å². The van der Waals surface area contributed by atoms with Crippen molar-refractivity contribution in [3.05, 3.63) is 11.1 Å². The Hall–Kier alpha value is -0.550. The van der Waals surface area contributed by atoms with E-state index < -0.39 is 0 Å². The van der Waals surface area contributed by atoms with Crippen LogP contribution in [0.3, 0.4) is 0 Å². The molecule has 0 aliphatic rings. The summed E-state index contributed by atoms with van der Waals surface area (Å²) in [6, 6.07) is 0. The number of nitrogens with one attached hydrogen (secondary N) is 1. The maximum absolute atomic E-state index is 11.6. The van der Waals surface area contributed by atoms with Gasteiger partial charge in [-0.25, -0.2) is 4.98 Å². The summed E-state index contributed by atoms with van der Waals surface area (Å²) < 4.78 is 0. The number of anilines is 1. The fourth-order valence-corrected chi connectivity index (χ4v) is 2.50. The predicted octanol–water partition coefficient (Wildman–Crippen LogP) is 3.38. The summed E-state index contributed by atoms with van der Waals surface area (Å²) in [5.74, 6) is 0.934. The molecular weight excluding hydrogens is 240 g/mol. The van der Waals surface area contributed by atoms with Crippen molar-refractivity contribution >= 4 is 34.1 Å². The Morgan fingerprint density at radius 1 is 1.56 bits per heavy atom. The lowest BCUT2D eigenvalue weighted by atomic mass is 9.92. The predicted molar refractivity (Wildman–Crippen MR) is 72.0 cm³/mol. The summed E-state index contributed by atoms with van der Waals surface area (Å²) in [7, 11) is 0. The molecule has 16 heavy (non-hydrogen) atoms. The van der Waals surface area contributed by atoms with Gasteiger partial charge >= 0.3 is 0 Å². The molecule has 0 saturated carbocycles. The molecule has 0 aliphatic carbocycles. The van der Waals surface area contributed by atoms with E-state index in [9.17, 15) is 4.79 Å². The van der Waals surface area contributed by atoms with Crippen molar-refractivity contribution in [2.75, 3.05) is 11.6 Å². The van der Waals surface area contributed by atoms with Crippen LogP contribution in [0.15, 0.2) is 5.38 Å². The van der Waals surface area contributed by atoms with Crippen LogP contribution in [0.2, 0.25) is 0 Å². The van der Waals surface area contributed by atoms with Gasteiger partial charge in [-0.1, -0.05) is 20.8 Å². The second kappa shape index (κ2) is 5.68. The highest BCUT2D eigenvalue weighted by atomic mass is 32.2. The van der Waals surface area contributed by atoms with Crippen LogP contribution in [0.25, 0.3) is 0 Å². The number of nitrogens with zero attached hydrogens (tertiary/aromatic N) is 1. The molecule has 1 aromatic heterocycles. The lowest BCUT2D eigenvalue weighted by Crippen LogP contribution is -2.19. The minimum Gasteiger partial charge on any atom is -0.302 e. The lowest BCUT2D eigenvalue weighted by Gasteiger charge is -2.16. The Morgan fingerprint density at radius 3 is 2.81 bits per heavy atom. The van der Waals surface area contributed by atoms with Gasteiger partial charge in [0.25, 0.3) is 0 Å². The minimum atomic E-state index is 0.0173. The molecular formula is C11H18N2OS2. The number of hydrogen-bond acceptors (Lipinski definition) is 4. The molecule has 0 aromatic carbocycles. The van der Waals surface area contributed by atoms with Gasteiger partial charge in [0, 0.05) is 17.6 Å². The summed E-state index contributed by atoms with van der Waals surface area (Å²) in [5.41, 5.74) is 1.05. The summed E-state index contributed by atoms with van der Waals surface area (Å²) >= 11 is 3.22. The van der Waals surface area contributed by atoms with Crippen LogP contribution < -0.4 is 5.32 Å². The van der Waals surface area contributed by atoms with Crippen LogP contribution in [-0.4, -0.2) is 17.1 Å². The first-order chi connectivity index (χ1) is 7.40. The van der Waals surface area contributed by atoms with Crippen LogP contribution >= 0.6 is 23.1 Å². The van der Waals surface area contributed by atoms with Gasteiger partial charge in [-0.3, -0.25) is 4.79 Å². The van der Waals surface area contributed by atoms with Crippen LogP contribution in [0.5, 0.6) is 0 Å². The number of thioether (sulfide) groups is 1. The average Bonchev–Trinajstić information content (AvgIpc) is 2.49. The van der Waals surface area contributed by atoms with Crippen LogP contribution in [0.4, 0.5) is 5.13 Å². The monoisotopic (exact) mass is 258 g/mol. The topological polar surface area (TPSA) is 42.0 Å². The van der Waals surface area contributed by atoms with E-state index >= 15 is 0 Å². The van der Waals surface area contributed by atoms with Crippen molar-refractivity contribution in [1.82, 2.24) is 4.98 Å². The van der Waals surface area contributed by atoms with E-state index in [0.717, 1.165) is 11.4 Å². The van der Waals surface area contributed by atoms with Crippen molar-refractivity contribution in [2.45, 2.75) is 32.9 Å². The maximum Gasteiger partial charge on any atom is 0.226 e. The Morgan fingerprint density at radius 2 is 2.25 bits per heavy atom. The molecule has 0 unspecified atom stereocenters. The average molecular weight is 258 g/mol. The fraction of sp³-hybridized carbons (Fsp3) is 0.636. The number of thiazole rings is 1. The molecule has 1 rings (SSSR count). The van der Waals surface area contributed by atoms with Crippen molar-refractivity contribution < 1.29 is 4.79 Å². The normalized spacial score (nSPS) is 11.5. The summed E-state index contributed by atoms with van der Waals surface area (Å²) in [6.45, 7) is 6.15. The maximum atomic E-state index is 11.6. The second-order valence-electron chi connectivity index (χ2n) is 4.86. The quantitative estimate of drug-likeness (QED) is 0.900. The second-order valence-corrected chi connectivity index (χ2v) is 6.59. The van der Waals surface area contributed by atoms with Crippen molar-refractivity contribution in [3.63, 3.8) is 0 Å². The molecule has 0 saturated heterocycles. The van der Waals surface area contributed by atoms with Crippen LogP contribution in [0.1, 0.15) is 32.9 Å². The van der Waals surface area contributed by atoms with E-state index in [1.807, 2.05) is 32.4 Å². The highest BCUT2D eigenvalue weighted by Gasteiger charge is 2.16. The molecule has 0 fully saturated rings. The minimum absolute atomic E-state index is 0.0173. The van der Waals surface area contributed by atoms with E-state index in [1.54, 1.807) is 11.8 Å². The third-order valence-corrected chi connectivity index (χ3v) is 3.17. The molecule has 0 atom stereocenters. The molecule has 5 heteroatoms. The first-order valence-electron chi connectivity index (χ1n) is 5.14. The molecule has 1 aromatic rings. The fourth-order valence-electron chi connectivity index (χ4n) is 1.22. The van der Waals surface area contributed by atoms with E-state index in [0.29, 0.717) is 11.6 Å². The van der Waals surface area contributed by atoms with Crippen LogP contribution in [0, 0.1) is 5.41 Å². The highest BCUT2D eigenvalue weighted by molar-refractivity contribution is 7.97. The number of rotatable bonds is 4. The Balaban J connectivity index is 2.50. The smallest absolute Gasteiger partial charge is 0.226 e. The van der Waals surface area contributed by atoms with E-state index in [4.69, 9.17) is 0 Å². The van der Waals surface area contributed by atoms with Gasteiger partial charge in [-0.15, -0.1) is 11.3 Å². The molecule has 0 spiro atoms. The Kier molecular flexibility index (Phi) is 4.80. The van der Waals surface area contributed by atoms with Gasteiger partial charge in [-0.2, -0.15) is 11.8 Å². The third kappa shape index (κ3) is 4.99. The summed E-state index contributed by atoms with van der Waals surface area (Å²) in [4.78, 5) is 16.0. The highest BCUT2D eigenvalue weighted by Crippen LogP contribution is 2.22. The largest absolute Gasteiger partial charge is 0.302 e. The molecule has 1 N–H and O–H groups in total. The first-order valence-corrected chi connectivity index (χ1v) is 7.41. The standard InChI is InChI=1S/C11H18N2OS2/c1-11(2,3)5-9(14)13-10-12-8(6-15-4)7-16-10/h7H,5-6H2,1-4H3,(H,12,13,14). The SMILES string of the molecule is CSCc1csc(NC(=O)CC(C)(C)C)n1. The summed E-state index contributed by atoms with van der Waals surface area (Å²) in [6.07, 6.45) is 2.56. The molecule has 90 valence electrons. The molecule has 0 bridgehead atoms. The van der Waals surface area contributed by atoms with Crippen LogP contribution in [-0.2, 0) is 10.5 Å². The Bertz CT molecular complexity index is 355. The zero-order valence-electron chi connectivity index (χ0n) is 10.2. The number of aromatic nitrogens is 1. The van der Waals surface area contributed by atoms with E-state index in [1.165, 1.54) is 11.3 Å². The number of carbonyl (C=O) groups is 1. The van der Waals surface area contributed by atoms with Gasteiger partial charge < -0.3 is 5.32 Å². The Labute approximate surface area is 105 Å². The van der Waals surface area contributed by atoms with Gasteiger partial charge in [0.2, 0.25) is 5.91 Å². The first kappa shape index (κ1) is 13.5. The zero-order chi connectivity index (χ0) is 12.2. The number of hydrogen-bond donors (Lipinski definition) is 1. The summed E-state index contributed by atoms with van der Waals surface area (Å²) in [5, 5.41) is 5.53. The van der Waals surface area contributed by atoms with Gasteiger partial charge in [0.1, 0.15) is 0 Å². The molecule has 0 aliphatic heterocycles. The molecule has 1 heterocycles. The molecule has 3 nitrogen and oxygen atoms in total. The van der Waals surface area contributed by atoms with Gasteiger partial charge in [-0.05, 0) is 11.7 Å². The number of amides is 1. The third-order valence-electron chi connectivity index (χ3n) is 1.78. The van der Waals surface area contributed by atoms with Gasteiger partial charge in [0.15, 0.2) is 5.13 Å².